The van der Waals surface area contributed by atoms with Crippen LogP contribution in [0.5, 0.6) is 11.5 Å². The summed E-state index contributed by atoms with van der Waals surface area (Å²) in [6.07, 6.45) is -0.196. The maximum absolute atomic E-state index is 12.5. The number of ether oxygens (including phenoxy) is 2. The lowest BCUT2D eigenvalue weighted by molar-refractivity contribution is -0.128. The molecule has 0 aliphatic carbocycles. The molecule has 0 spiro atoms. The Morgan fingerprint density at radius 1 is 1.32 bits per heavy atom. The summed E-state index contributed by atoms with van der Waals surface area (Å²) in [5, 5.41) is 14.4. The van der Waals surface area contributed by atoms with Gasteiger partial charge in [-0.3, -0.25) is 4.79 Å². The topological polar surface area (TPSA) is 82.4 Å². The van der Waals surface area contributed by atoms with Crippen LogP contribution in [0, 0.1) is 0 Å². The summed E-state index contributed by atoms with van der Waals surface area (Å²) in [6, 6.07) is 11.6. The van der Waals surface area contributed by atoms with Crippen molar-refractivity contribution < 1.29 is 14.3 Å². The van der Waals surface area contributed by atoms with E-state index in [-0.39, 0.29) is 17.8 Å². The molecule has 1 aliphatic rings. The Labute approximate surface area is 170 Å². The number of amides is 1. The third-order valence-electron chi connectivity index (χ3n) is 4.18. The van der Waals surface area contributed by atoms with Gasteiger partial charge in [-0.1, -0.05) is 30.0 Å². The predicted molar refractivity (Wildman–Crippen MR) is 106 cm³/mol. The van der Waals surface area contributed by atoms with E-state index in [4.69, 9.17) is 9.47 Å². The van der Waals surface area contributed by atoms with Crippen molar-refractivity contribution in [3.05, 3.63) is 46.7 Å². The van der Waals surface area contributed by atoms with Crippen molar-refractivity contribution >= 4 is 29.0 Å². The number of thiophene rings is 1. The molecular formula is C18H19N5O3S2. The minimum Gasteiger partial charge on any atom is -0.486 e. The summed E-state index contributed by atoms with van der Waals surface area (Å²) < 4.78 is 13.3. The number of hydrogen-bond donors (Lipinski definition) is 0. The van der Waals surface area contributed by atoms with E-state index in [1.807, 2.05) is 41.8 Å². The molecule has 0 fully saturated rings. The van der Waals surface area contributed by atoms with Gasteiger partial charge in [0.05, 0.1) is 18.8 Å². The average Bonchev–Trinajstić information content (AvgIpc) is 3.38. The first kappa shape index (κ1) is 18.8. The van der Waals surface area contributed by atoms with Crippen molar-refractivity contribution in [2.24, 2.45) is 0 Å². The van der Waals surface area contributed by atoms with Gasteiger partial charge in [0, 0.05) is 11.9 Å². The molecule has 8 nitrogen and oxygen atoms in total. The molecule has 4 rings (SSSR count). The van der Waals surface area contributed by atoms with Gasteiger partial charge in [-0.25, -0.2) is 4.68 Å². The van der Waals surface area contributed by atoms with E-state index in [9.17, 15) is 4.79 Å². The van der Waals surface area contributed by atoms with Crippen molar-refractivity contribution in [3.63, 3.8) is 0 Å². The normalized spacial score (nSPS) is 15.4. The van der Waals surface area contributed by atoms with E-state index < -0.39 is 0 Å². The Bertz CT molecular complexity index is 931. The van der Waals surface area contributed by atoms with Crippen LogP contribution in [0.2, 0.25) is 0 Å². The SMILES string of the molecule is CN(CC1COc2ccccc2O1)C(=O)CSc1nnnn1Cc1cccs1. The summed E-state index contributed by atoms with van der Waals surface area (Å²) in [5.74, 6) is 1.69. The molecule has 1 amide bonds. The number of thioether (sulfide) groups is 1. The van der Waals surface area contributed by atoms with Crippen molar-refractivity contribution in [2.45, 2.75) is 17.8 Å². The van der Waals surface area contributed by atoms with Crippen LogP contribution in [-0.2, 0) is 11.3 Å². The third-order valence-corrected chi connectivity index (χ3v) is 5.98. The van der Waals surface area contributed by atoms with Gasteiger partial charge < -0.3 is 14.4 Å². The quantitative estimate of drug-likeness (QED) is 0.545. The van der Waals surface area contributed by atoms with Gasteiger partial charge in [0.2, 0.25) is 11.1 Å². The first-order valence-corrected chi connectivity index (χ1v) is 10.6. The monoisotopic (exact) mass is 417 g/mol. The lowest BCUT2D eigenvalue weighted by Gasteiger charge is -2.29. The van der Waals surface area contributed by atoms with Gasteiger partial charge in [0.1, 0.15) is 6.61 Å². The van der Waals surface area contributed by atoms with Crippen molar-refractivity contribution in [3.8, 4) is 11.5 Å². The molecule has 0 saturated heterocycles. The number of fused-ring (bicyclic) bond motifs is 1. The number of rotatable bonds is 7. The predicted octanol–water partition coefficient (Wildman–Crippen LogP) is 2.17. The Kier molecular flexibility index (Phi) is 5.77. The minimum atomic E-state index is -0.196. The zero-order chi connectivity index (χ0) is 19.3. The smallest absolute Gasteiger partial charge is 0.232 e. The summed E-state index contributed by atoms with van der Waals surface area (Å²) in [6.45, 7) is 1.47. The molecular weight excluding hydrogens is 398 g/mol. The number of likely N-dealkylation sites (N-methyl/N-ethyl adjacent to an activating group) is 1. The lowest BCUT2D eigenvalue weighted by atomic mass is 10.2. The van der Waals surface area contributed by atoms with Crippen LogP contribution >= 0.6 is 23.1 Å². The van der Waals surface area contributed by atoms with Gasteiger partial charge >= 0.3 is 0 Å². The molecule has 3 heterocycles. The first-order valence-electron chi connectivity index (χ1n) is 8.73. The van der Waals surface area contributed by atoms with Crippen molar-refractivity contribution in [1.82, 2.24) is 25.1 Å². The number of carbonyl (C=O) groups is 1. The minimum absolute atomic E-state index is 0.0156. The second-order valence-electron chi connectivity index (χ2n) is 6.26. The van der Waals surface area contributed by atoms with Crippen LogP contribution in [0.15, 0.2) is 46.9 Å². The standard InChI is InChI=1S/C18H19N5O3S2/c1-22(9-13-11-25-15-6-2-3-7-16(15)26-13)17(24)12-28-18-19-20-21-23(18)10-14-5-4-8-27-14/h2-8,13H,9-12H2,1H3. The molecule has 0 radical (unpaired) electrons. The van der Waals surface area contributed by atoms with Crippen LogP contribution in [0.4, 0.5) is 0 Å². The fourth-order valence-corrected chi connectivity index (χ4v) is 4.25. The summed E-state index contributed by atoms with van der Waals surface area (Å²) >= 11 is 2.98. The Morgan fingerprint density at radius 2 is 2.18 bits per heavy atom. The average molecular weight is 418 g/mol. The fourth-order valence-electron chi connectivity index (χ4n) is 2.75. The molecule has 1 unspecified atom stereocenters. The van der Waals surface area contributed by atoms with Crippen LogP contribution < -0.4 is 9.47 Å². The molecule has 0 saturated carbocycles. The highest BCUT2D eigenvalue weighted by Gasteiger charge is 2.24. The molecule has 0 N–H and O–H groups in total. The second kappa shape index (κ2) is 8.61. The number of hydrogen-bond acceptors (Lipinski definition) is 8. The number of nitrogens with zero attached hydrogens (tertiary/aromatic N) is 5. The number of para-hydroxylation sites is 2. The molecule has 1 atom stereocenters. The summed E-state index contributed by atoms with van der Waals surface area (Å²) in [5.41, 5.74) is 0. The Morgan fingerprint density at radius 3 is 3.00 bits per heavy atom. The van der Waals surface area contributed by atoms with Crippen LogP contribution in [0.25, 0.3) is 0 Å². The van der Waals surface area contributed by atoms with Gasteiger partial charge in [0.25, 0.3) is 0 Å². The van der Waals surface area contributed by atoms with Crippen LogP contribution in [-0.4, -0.2) is 63.1 Å². The van der Waals surface area contributed by atoms with Crippen LogP contribution in [0.3, 0.4) is 0 Å². The van der Waals surface area contributed by atoms with Crippen LogP contribution in [0.1, 0.15) is 4.88 Å². The second-order valence-corrected chi connectivity index (χ2v) is 8.23. The maximum Gasteiger partial charge on any atom is 0.232 e. The molecule has 0 bridgehead atoms. The van der Waals surface area contributed by atoms with E-state index in [1.54, 1.807) is 28.0 Å². The fraction of sp³-hybridized carbons (Fsp3) is 0.333. The molecule has 1 aromatic carbocycles. The molecule has 3 aromatic rings. The molecule has 1 aliphatic heterocycles. The van der Waals surface area contributed by atoms with E-state index in [1.165, 1.54) is 11.8 Å². The number of benzene rings is 1. The number of aromatic nitrogens is 4. The lowest BCUT2D eigenvalue weighted by Crippen LogP contribution is -2.42. The van der Waals surface area contributed by atoms with E-state index >= 15 is 0 Å². The molecule has 10 heteroatoms. The van der Waals surface area contributed by atoms with E-state index in [0.717, 1.165) is 10.6 Å². The van der Waals surface area contributed by atoms with Crippen molar-refractivity contribution in [2.75, 3.05) is 26.0 Å². The Hall–Kier alpha value is -2.59. The third kappa shape index (κ3) is 4.45. The maximum atomic E-state index is 12.5. The molecule has 28 heavy (non-hydrogen) atoms. The molecule has 146 valence electrons. The largest absolute Gasteiger partial charge is 0.486 e. The highest BCUT2D eigenvalue weighted by atomic mass is 32.2. The molecule has 2 aromatic heterocycles. The first-order chi connectivity index (χ1) is 13.7. The Balaban J connectivity index is 1.28. The zero-order valence-corrected chi connectivity index (χ0v) is 16.9. The number of carbonyl (C=O) groups excluding carboxylic acids is 1. The summed E-state index contributed by atoms with van der Waals surface area (Å²) in [4.78, 5) is 15.3. The highest BCUT2D eigenvalue weighted by Crippen LogP contribution is 2.31. The van der Waals surface area contributed by atoms with Gasteiger partial charge in [-0.05, 0) is 34.0 Å². The van der Waals surface area contributed by atoms with Gasteiger partial charge in [0.15, 0.2) is 17.6 Å². The zero-order valence-electron chi connectivity index (χ0n) is 15.2. The van der Waals surface area contributed by atoms with E-state index in [0.29, 0.717) is 30.6 Å². The van der Waals surface area contributed by atoms with Gasteiger partial charge in [-0.2, -0.15) is 0 Å². The van der Waals surface area contributed by atoms with Gasteiger partial charge in [-0.15, -0.1) is 16.4 Å². The summed E-state index contributed by atoms with van der Waals surface area (Å²) in [7, 11) is 1.77. The van der Waals surface area contributed by atoms with Crippen molar-refractivity contribution in [1.29, 1.82) is 0 Å². The number of tetrazole rings is 1. The highest BCUT2D eigenvalue weighted by molar-refractivity contribution is 7.99. The van der Waals surface area contributed by atoms with E-state index in [2.05, 4.69) is 15.5 Å².